The van der Waals surface area contributed by atoms with Crippen LogP contribution >= 0.6 is 15.9 Å². The van der Waals surface area contributed by atoms with Crippen LogP contribution in [0.5, 0.6) is 0 Å². The summed E-state index contributed by atoms with van der Waals surface area (Å²) in [5.74, 6) is 0.417. The lowest BCUT2D eigenvalue weighted by Crippen LogP contribution is -2.43. The Hall–Kier alpha value is -2.62. The molecule has 1 atom stereocenters. The summed E-state index contributed by atoms with van der Waals surface area (Å²) in [5.41, 5.74) is 10.0. The summed E-state index contributed by atoms with van der Waals surface area (Å²) >= 11 is 3.29. The van der Waals surface area contributed by atoms with Crippen molar-refractivity contribution in [2.45, 2.75) is 19.3 Å². The van der Waals surface area contributed by atoms with Gasteiger partial charge in [-0.25, -0.2) is 4.98 Å². The van der Waals surface area contributed by atoms with Crippen LogP contribution in [-0.2, 0) is 22.7 Å². The number of morpholine rings is 1. The topological polar surface area (TPSA) is 103 Å². The third kappa shape index (κ3) is 3.25. The quantitative estimate of drug-likeness (QED) is 0.632. The zero-order valence-corrected chi connectivity index (χ0v) is 17.1. The highest BCUT2D eigenvalue weighted by molar-refractivity contribution is 9.10. The van der Waals surface area contributed by atoms with Gasteiger partial charge in [0, 0.05) is 23.1 Å². The van der Waals surface area contributed by atoms with Crippen molar-refractivity contribution in [3.63, 3.8) is 0 Å². The van der Waals surface area contributed by atoms with E-state index in [0.717, 1.165) is 22.0 Å². The van der Waals surface area contributed by atoms with E-state index in [4.69, 9.17) is 15.2 Å². The van der Waals surface area contributed by atoms with E-state index in [1.165, 1.54) is 0 Å². The zero-order chi connectivity index (χ0) is 20.0. The molecule has 2 aromatic heterocycles. The lowest BCUT2D eigenvalue weighted by atomic mass is 10.0. The minimum atomic E-state index is -0.286. The number of carbonyl (C=O) groups is 1. The molecule has 9 heteroatoms. The highest BCUT2D eigenvalue weighted by Crippen LogP contribution is 2.32. The average Bonchev–Trinajstić information content (AvgIpc) is 3.25. The molecule has 4 heterocycles. The lowest BCUT2D eigenvalue weighted by Gasteiger charge is -2.35. The van der Waals surface area contributed by atoms with Crippen molar-refractivity contribution >= 4 is 38.6 Å². The Bertz CT molecular complexity index is 1110. The van der Waals surface area contributed by atoms with Gasteiger partial charge >= 0.3 is 0 Å². The number of benzene rings is 1. The van der Waals surface area contributed by atoms with Gasteiger partial charge in [-0.15, -0.1) is 5.10 Å². The standard InChI is InChI=1S/C20H18BrN5O3/c21-18-4-3-16(24-25-18)17-10-28-6-5-26(17)20(27)11-1-2-15-12(7-11)13-8-29-9-14(13)19(22)23-15/h1-4,7,17H,5-6,8-10H2,(H2,22,23)/t17-/m1/s1. The van der Waals surface area contributed by atoms with Gasteiger partial charge < -0.3 is 20.1 Å². The molecule has 0 unspecified atom stereocenters. The first-order valence-electron chi connectivity index (χ1n) is 9.28. The summed E-state index contributed by atoms with van der Waals surface area (Å²) in [6, 6.07) is 8.90. The van der Waals surface area contributed by atoms with E-state index >= 15 is 0 Å². The normalized spacial score (nSPS) is 18.8. The molecule has 3 aromatic rings. The zero-order valence-electron chi connectivity index (χ0n) is 15.5. The predicted octanol–water partition coefficient (Wildman–Crippen LogP) is 2.61. The van der Waals surface area contributed by atoms with E-state index < -0.39 is 0 Å². The third-order valence-corrected chi connectivity index (χ3v) is 5.78. The van der Waals surface area contributed by atoms with E-state index in [9.17, 15) is 4.79 Å². The smallest absolute Gasteiger partial charge is 0.254 e. The number of halogens is 1. The second kappa shape index (κ2) is 7.33. The summed E-state index contributed by atoms with van der Waals surface area (Å²) in [6.45, 7) is 2.29. The molecule has 1 fully saturated rings. The van der Waals surface area contributed by atoms with Crippen molar-refractivity contribution in [2.75, 3.05) is 25.5 Å². The SMILES string of the molecule is Nc1nc2ccc(C(=O)N3CCOC[C@@H]3c3ccc(Br)nn3)cc2c2c1COC2. The Morgan fingerprint density at radius 2 is 2.00 bits per heavy atom. The van der Waals surface area contributed by atoms with Crippen LogP contribution in [0.3, 0.4) is 0 Å². The molecule has 0 saturated carbocycles. The number of amides is 1. The average molecular weight is 456 g/mol. The Labute approximate surface area is 175 Å². The van der Waals surface area contributed by atoms with Crippen LogP contribution in [0, 0.1) is 0 Å². The van der Waals surface area contributed by atoms with Crippen molar-refractivity contribution in [3.8, 4) is 0 Å². The molecule has 1 amide bonds. The fraction of sp³-hybridized carbons (Fsp3) is 0.300. The molecule has 2 aliphatic heterocycles. The number of nitrogen functional groups attached to an aromatic ring is 1. The number of aromatic nitrogens is 3. The molecule has 29 heavy (non-hydrogen) atoms. The molecule has 0 radical (unpaired) electrons. The van der Waals surface area contributed by atoms with Gasteiger partial charge in [0.15, 0.2) is 0 Å². The van der Waals surface area contributed by atoms with Gasteiger partial charge in [-0.2, -0.15) is 5.10 Å². The molecule has 1 aromatic carbocycles. The summed E-state index contributed by atoms with van der Waals surface area (Å²) in [4.78, 5) is 19.7. The largest absolute Gasteiger partial charge is 0.383 e. The first kappa shape index (κ1) is 18.4. The second-order valence-electron chi connectivity index (χ2n) is 7.05. The molecular weight excluding hydrogens is 438 g/mol. The third-order valence-electron chi connectivity index (χ3n) is 5.36. The van der Waals surface area contributed by atoms with Gasteiger partial charge in [-0.1, -0.05) is 0 Å². The van der Waals surface area contributed by atoms with Crippen LogP contribution in [0.4, 0.5) is 5.82 Å². The van der Waals surface area contributed by atoms with Gasteiger partial charge in [0.05, 0.1) is 43.7 Å². The summed E-state index contributed by atoms with van der Waals surface area (Å²) in [6.07, 6.45) is 0. The van der Waals surface area contributed by atoms with Crippen molar-refractivity contribution in [1.29, 1.82) is 0 Å². The molecule has 2 N–H and O–H groups in total. The Kier molecular flexibility index (Phi) is 4.65. The molecule has 148 valence electrons. The highest BCUT2D eigenvalue weighted by atomic mass is 79.9. The van der Waals surface area contributed by atoms with Crippen molar-refractivity contribution in [1.82, 2.24) is 20.1 Å². The predicted molar refractivity (Wildman–Crippen MR) is 109 cm³/mol. The van der Waals surface area contributed by atoms with Crippen LogP contribution < -0.4 is 5.73 Å². The maximum absolute atomic E-state index is 13.4. The second-order valence-corrected chi connectivity index (χ2v) is 7.86. The fourth-order valence-electron chi connectivity index (χ4n) is 3.87. The monoisotopic (exact) mass is 455 g/mol. The lowest BCUT2D eigenvalue weighted by molar-refractivity contribution is -0.00414. The van der Waals surface area contributed by atoms with E-state index in [2.05, 4.69) is 31.1 Å². The van der Waals surface area contributed by atoms with Crippen LogP contribution in [-0.4, -0.2) is 45.7 Å². The van der Waals surface area contributed by atoms with Gasteiger partial charge in [0.1, 0.15) is 10.4 Å². The van der Waals surface area contributed by atoms with Crippen LogP contribution in [0.1, 0.15) is 33.2 Å². The minimum absolute atomic E-state index is 0.0746. The number of hydrogen-bond donors (Lipinski definition) is 1. The number of fused-ring (bicyclic) bond motifs is 3. The number of rotatable bonds is 2. The number of carbonyl (C=O) groups excluding carboxylic acids is 1. The Balaban J connectivity index is 1.52. The summed E-state index contributed by atoms with van der Waals surface area (Å²) < 4.78 is 11.8. The summed E-state index contributed by atoms with van der Waals surface area (Å²) in [5, 5.41) is 9.18. The van der Waals surface area contributed by atoms with E-state index in [1.54, 1.807) is 11.0 Å². The van der Waals surface area contributed by atoms with Gasteiger partial charge in [0.25, 0.3) is 5.91 Å². The molecule has 5 rings (SSSR count). The molecule has 0 bridgehead atoms. The maximum atomic E-state index is 13.4. The van der Waals surface area contributed by atoms with Crippen molar-refractivity contribution in [2.24, 2.45) is 0 Å². The van der Waals surface area contributed by atoms with E-state index in [1.807, 2.05) is 24.3 Å². The number of ether oxygens (including phenoxy) is 2. The minimum Gasteiger partial charge on any atom is -0.383 e. The molecule has 0 spiro atoms. The number of pyridine rings is 1. The fourth-order valence-corrected chi connectivity index (χ4v) is 4.08. The van der Waals surface area contributed by atoms with E-state index in [0.29, 0.717) is 54.7 Å². The van der Waals surface area contributed by atoms with Crippen molar-refractivity contribution in [3.05, 3.63) is 57.3 Å². The molecule has 8 nitrogen and oxygen atoms in total. The van der Waals surface area contributed by atoms with Gasteiger partial charge in [-0.05, 0) is 51.8 Å². The van der Waals surface area contributed by atoms with Crippen LogP contribution in [0.15, 0.2) is 34.9 Å². The first-order valence-corrected chi connectivity index (χ1v) is 10.1. The molecule has 1 saturated heterocycles. The van der Waals surface area contributed by atoms with Crippen LogP contribution in [0.25, 0.3) is 10.9 Å². The maximum Gasteiger partial charge on any atom is 0.254 e. The highest BCUT2D eigenvalue weighted by Gasteiger charge is 2.31. The van der Waals surface area contributed by atoms with Gasteiger partial charge in [-0.3, -0.25) is 4.79 Å². The number of nitrogens with zero attached hydrogens (tertiary/aromatic N) is 4. The van der Waals surface area contributed by atoms with Crippen LogP contribution in [0.2, 0.25) is 0 Å². The van der Waals surface area contributed by atoms with E-state index in [-0.39, 0.29) is 11.9 Å². The number of nitrogens with two attached hydrogens (primary N) is 1. The number of anilines is 1. The number of hydrogen-bond acceptors (Lipinski definition) is 7. The molecular formula is C20H18BrN5O3. The Morgan fingerprint density at radius 3 is 2.83 bits per heavy atom. The van der Waals surface area contributed by atoms with Crippen molar-refractivity contribution < 1.29 is 14.3 Å². The molecule has 2 aliphatic rings. The van der Waals surface area contributed by atoms with Gasteiger partial charge in [0.2, 0.25) is 0 Å². The Morgan fingerprint density at radius 1 is 1.14 bits per heavy atom. The first-order chi connectivity index (χ1) is 14.1. The summed E-state index contributed by atoms with van der Waals surface area (Å²) in [7, 11) is 0. The molecule has 0 aliphatic carbocycles.